The van der Waals surface area contributed by atoms with Crippen LogP contribution in [0.4, 0.5) is 0 Å². The lowest BCUT2D eigenvalue weighted by atomic mass is 9.82. The summed E-state index contributed by atoms with van der Waals surface area (Å²) in [5.41, 5.74) is 0. The molecule has 94 valence electrons. The Morgan fingerprint density at radius 1 is 1.19 bits per heavy atom. The van der Waals surface area contributed by atoms with Crippen LogP contribution in [-0.2, 0) is 0 Å². The van der Waals surface area contributed by atoms with Gasteiger partial charge in [0.25, 0.3) is 0 Å². The standard InChI is InChI=1S/C14H28N2/c1-3-7-13-11-16(2)14(10-15-13)12-8-5-4-6-9-12/h12-15H,3-11H2,1-2H3. The van der Waals surface area contributed by atoms with E-state index >= 15 is 0 Å². The first-order chi connectivity index (χ1) is 7.81. The number of hydrogen-bond acceptors (Lipinski definition) is 2. The van der Waals surface area contributed by atoms with Gasteiger partial charge in [0.1, 0.15) is 0 Å². The van der Waals surface area contributed by atoms with E-state index in [0.717, 1.165) is 18.0 Å². The predicted octanol–water partition coefficient (Wildman–Crippen LogP) is 2.64. The van der Waals surface area contributed by atoms with Crippen LogP contribution >= 0.6 is 0 Å². The topological polar surface area (TPSA) is 15.3 Å². The summed E-state index contributed by atoms with van der Waals surface area (Å²) in [6.45, 7) is 4.77. The molecule has 1 N–H and O–H groups in total. The van der Waals surface area contributed by atoms with E-state index in [0.29, 0.717) is 0 Å². The summed E-state index contributed by atoms with van der Waals surface area (Å²) in [5.74, 6) is 0.967. The van der Waals surface area contributed by atoms with E-state index in [9.17, 15) is 0 Å². The second-order valence-corrected chi connectivity index (χ2v) is 5.80. The highest BCUT2D eigenvalue weighted by Gasteiger charge is 2.31. The summed E-state index contributed by atoms with van der Waals surface area (Å²) in [5, 5.41) is 3.76. The first kappa shape index (κ1) is 12.4. The summed E-state index contributed by atoms with van der Waals surface area (Å²) in [6, 6.07) is 1.56. The van der Waals surface area contributed by atoms with E-state index in [1.807, 2.05) is 0 Å². The van der Waals surface area contributed by atoms with Crippen molar-refractivity contribution in [3.8, 4) is 0 Å². The van der Waals surface area contributed by atoms with Crippen LogP contribution in [0, 0.1) is 5.92 Å². The molecule has 0 aromatic rings. The molecule has 0 amide bonds. The van der Waals surface area contributed by atoms with Gasteiger partial charge in [0, 0.05) is 25.2 Å². The van der Waals surface area contributed by atoms with Crippen LogP contribution in [0.25, 0.3) is 0 Å². The summed E-state index contributed by atoms with van der Waals surface area (Å²) in [4.78, 5) is 2.63. The summed E-state index contributed by atoms with van der Waals surface area (Å²) < 4.78 is 0. The molecule has 0 spiro atoms. The first-order valence-corrected chi connectivity index (χ1v) is 7.25. The van der Waals surface area contributed by atoms with Crippen LogP contribution in [0.1, 0.15) is 51.9 Å². The molecule has 2 unspecified atom stereocenters. The molecule has 2 nitrogen and oxygen atoms in total. The van der Waals surface area contributed by atoms with Crippen molar-refractivity contribution in [3.05, 3.63) is 0 Å². The van der Waals surface area contributed by atoms with E-state index in [1.165, 1.54) is 58.0 Å². The number of piperazine rings is 1. The highest BCUT2D eigenvalue weighted by Crippen LogP contribution is 2.29. The van der Waals surface area contributed by atoms with Crippen molar-refractivity contribution in [1.29, 1.82) is 0 Å². The number of rotatable bonds is 3. The molecule has 1 aliphatic carbocycles. The van der Waals surface area contributed by atoms with Gasteiger partial charge in [-0.1, -0.05) is 32.6 Å². The van der Waals surface area contributed by atoms with Crippen LogP contribution in [0.5, 0.6) is 0 Å². The molecule has 2 heteroatoms. The fraction of sp³-hybridized carbons (Fsp3) is 1.00. The van der Waals surface area contributed by atoms with Gasteiger partial charge in [-0.25, -0.2) is 0 Å². The Bertz CT molecular complexity index is 199. The Hall–Kier alpha value is -0.0800. The van der Waals surface area contributed by atoms with E-state index < -0.39 is 0 Å². The molecule has 2 aliphatic rings. The normalized spacial score (nSPS) is 34.1. The van der Waals surface area contributed by atoms with Gasteiger partial charge in [-0.15, -0.1) is 0 Å². The maximum atomic E-state index is 3.76. The highest BCUT2D eigenvalue weighted by atomic mass is 15.2. The molecular formula is C14H28N2. The van der Waals surface area contributed by atoms with Crippen LogP contribution in [-0.4, -0.2) is 37.1 Å². The third-order valence-electron chi connectivity index (χ3n) is 4.52. The van der Waals surface area contributed by atoms with Crippen LogP contribution in [0.2, 0.25) is 0 Å². The quantitative estimate of drug-likeness (QED) is 0.793. The van der Waals surface area contributed by atoms with E-state index in [2.05, 4.69) is 24.2 Å². The predicted molar refractivity (Wildman–Crippen MR) is 69.7 cm³/mol. The largest absolute Gasteiger partial charge is 0.311 e. The summed E-state index contributed by atoms with van der Waals surface area (Å²) in [7, 11) is 2.34. The molecule has 1 saturated heterocycles. The van der Waals surface area contributed by atoms with Crippen molar-refractivity contribution in [3.63, 3.8) is 0 Å². The maximum Gasteiger partial charge on any atom is 0.0246 e. The van der Waals surface area contributed by atoms with Gasteiger partial charge < -0.3 is 10.2 Å². The van der Waals surface area contributed by atoms with Gasteiger partial charge in [-0.05, 0) is 32.2 Å². The van der Waals surface area contributed by atoms with Gasteiger partial charge in [0.2, 0.25) is 0 Å². The Kier molecular flexibility index (Phi) is 4.66. The number of hydrogen-bond donors (Lipinski definition) is 1. The van der Waals surface area contributed by atoms with Gasteiger partial charge in [0.05, 0.1) is 0 Å². The van der Waals surface area contributed by atoms with Crippen molar-refractivity contribution in [1.82, 2.24) is 10.2 Å². The van der Waals surface area contributed by atoms with Crippen LogP contribution < -0.4 is 5.32 Å². The minimum absolute atomic E-state index is 0.745. The molecule has 0 bridgehead atoms. The lowest BCUT2D eigenvalue weighted by molar-refractivity contribution is 0.0934. The molecule has 0 aromatic carbocycles. The third-order valence-corrected chi connectivity index (χ3v) is 4.52. The summed E-state index contributed by atoms with van der Waals surface area (Å²) in [6.07, 6.45) is 9.98. The lowest BCUT2D eigenvalue weighted by Gasteiger charge is -2.43. The Balaban J connectivity index is 1.83. The summed E-state index contributed by atoms with van der Waals surface area (Å²) >= 11 is 0. The zero-order chi connectivity index (χ0) is 11.4. The molecule has 2 fully saturated rings. The molecule has 2 rings (SSSR count). The average molecular weight is 224 g/mol. The maximum absolute atomic E-state index is 3.76. The van der Waals surface area contributed by atoms with Crippen molar-refractivity contribution in [2.24, 2.45) is 5.92 Å². The molecule has 16 heavy (non-hydrogen) atoms. The zero-order valence-electron chi connectivity index (χ0n) is 11.0. The fourth-order valence-electron chi connectivity index (χ4n) is 3.58. The Morgan fingerprint density at radius 3 is 2.56 bits per heavy atom. The molecule has 0 radical (unpaired) electrons. The average Bonchev–Trinajstić information content (AvgIpc) is 2.31. The SMILES string of the molecule is CCCC1CN(C)C(C2CCCCC2)CN1. The lowest BCUT2D eigenvalue weighted by Crippen LogP contribution is -2.57. The minimum atomic E-state index is 0.745. The Labute approximate surface area is 101 Å². The fourth-order valence-corrected chi connectivity index (χ4v) is 3.58. The Morgan fingerprint density at radius 2 is 1.94 bits per heavy atom. The molecule has 1 aliphatic heterocycles. The molecule has 2 atom stereocenters. The zero-order valence-corrected chi connectivity index (χ0v) is 11.0. The van der Waals surface area contributed by atoms with Gasteiger partial charge in [-0.3, -0.25) is 0 Å². The number of nitrogens with zero attached hydrogens (tertiary/aromatic N) is 1. The monoisotopic (exact) mass is 224 g/mol. The number of likely N-dealkylation sites (N-methyl/N-ethyl adjacent to an activating group) is 1. The second-order valence-electron chi connectivity index (χ2n) is 5.80. The van der Waals surface area contributed by atoms with E-state index in [4.69, 9.17) is 0 Å². The molecular weight excluding hydrogens is 196 g/mol. The smallest absolute Gasteiger partial charge is 0.0246 e. The van der Waals surface area contributed by atoms with Crippen LogP contribution in [0.3, 0.4) is 0 Å². The van der Waals surface area contributed by atoms with Crippen molar-refractivity contribution >= 4 is 0 Å². The van der Waals surface area contributed by atoms with Crippen molar-refractivity contribution in [2.75, 3.05) is 20.1 Å². The van der Waals surface area contributed by atoms with E-state index in [1.54, 1.807) is 0 Å². The molecule has 0 aromatic heterocycles. The number of nitrogens with one attached hydrogen (secondary N) is 1. The van der Waals surface area contributed by atoms with Crippen molar-refractivity contribution < 1.29 is 0 Å². The van der Waals surface area contributed by atoms with Gasteiger partial charge >= 0.3 is 0 Å². The van der Waals surface area contributed by atoms with Gasteiger partial charge in [0.15, 0.2) is 0 Å². The van der Waals surface area contributed by atoms with Gasteiger partial charge in [-0.2, -0.15) is 0 Å². The first-order valence-electron chi connectivity index (χ1n) is 7.25. The molecule has 1 saturated carbocycles. The van der Waals surface area contributed by atoms with Crippen molar-refractivity contribution in [2.45, 2.75) is 64.0 Å². The molecule has 1 heterocycles. The van der Waals surface area contributed by atoms with Crippen LogP contribution in [0.15, 0.2) is 0 Å². The third kappa shape index (κ3) is 2.98. The highest BCUT2D eigenvalue weighted by molar-refractivity contribution is 4.89. The van der Waals surface area contributed by atoms with E-state index in [-0.39, 0.29) is 0 Å². The second kappa shape index (κ2) is 6.02. The minimum Gasteiger partial charge on any atom is -0.311 e.